The Bertz CT molecular complexity index is 376. The highest BCUT2D eigenvalue weighted by molar-refractivity contribution is 5.96. The fourth-order valence-corrected chi connectivity index (χ4v) is 1.85. The van der Waals surface area contributed by atoms with Gasteiger partial charge in [0.15, 0.2) is 0 Å². The second kappa shape index (κ2) is 6.95. The molecule has 1 aromatic heterocycles. The number of aromatic nitrogens is 2. The standard InChI is InChI=1S/C11H20N4O3/c1-4-8(5-2)15(6-7-17-3)11(16)9-10(12)14-18-13-9/h8H,4-7H2,1-3H3,(H2,12,14). The molecule has 7 nitrogen and oxygen atoms in total. The highest BCUT2D eigenvalue weighted by Crippen LogP contribution is 2.15. The molecule has 0 bridgehead atoms. The van der Waals surface area contributed by atoms with Gasteiger partial charge in [-0.15, -0.1) is 0 Å². The normalized spacial score (nSPS) is 10.9. The lowest BCUT2D eigenvalue weighted by Crippen LogP contribution is -2.42. The van der Waals surface area contributed by atoms with Crippen molar-refractivity contribution in [2.45, 2.75) is 32.7 Å². The number of carbonyl (C=O) groups excluding carboxylic acids is 1. The summed E-state index contributed by atoms with van der Waals surface area (Å²) in [6.07, 6.45) is 1.72. The van der Waals surface area contributed by atoms with E-state index < -0.39 is 0 Å². The number of nitrogen functional groups attached to an aromatic ring is 1. The van der Waals surface area contributed by atoms with Crippen LogP contribution in [-0.4, -0.2) is 47.4 Å². The molecule has 0 atom stereocenters. The summed E-state index contributed by atoms with van der Waals surface area (Å²) in [5.41, 5.74) is 5.61. The van der Waals surface area contributed by atoms with Gasteiger partial charge < -0.3 is 15.4 Å². The smallest absolute Gasteiger partial charge is 0.280 e. The maximum absolute atomic E-state index is 12.3. The molecule has 2 N–H and O–H groups in total. The third-order valence-corrected chi connectivity index (χ3v) is 2.90. The van der Waals surface area contributed by atoms with Crippen LogP contribution < -0.4 is 5.73 Å². The van der Waals surface area contributed by atoms with Crippen molar-refractivity contribution in [1.29, 1.82) is 0 Å². The van der Waals surface area contributed by atoms with Crippen LogP contribution in [0.15, 0.2) is 4.63 Å². The average Bonchev–Trinajstić information content (AvgIpc) is 2.80. The van der Waals surface area contributed by atoms with Gasteiger partial charge in [0.1, 0.15) is 0 Å². The molecule has 0 unspecified atom stereocenters. The number of nitrogens with zero attached hydrogens (tertiary/aromatic N) is 3. The van der Waals surface area contributed by atoms with Crippen molar-refractivity contribution in [2.75, 3.05) is 26.0 Å². The second-order valence-corrected chi connectivity index (χ2v) is 3.96. The second-order valence-electron chi connectivity index (χ2n) is 3.96. The van der Waals surface area contributed by atoms with Gasteiger partial charge in [-0.25, -0.2) is 4.63 Å². The SMILES string of the molecule is CCC(CC)N(CCOC)C(=O)c1nonc1N. The average molecular weight is 256 g/mol. The van der Waals surface area contributed by atoms with E-state index >= 15 is 0 Å². The first kappa shape index (κ1) is 14.4. The number of nitrogens with two attached hydrogens (primary N) is 1. The molecular formula is C11H20N4O3. The van der Waals surface area contributed by atoms with Gasteiger partial charge in [0.2, 0.25) is 11.5 Å². The van der Waals surface area contributed by atoms with Crippen LogP contribution in [0.2, 0.25) is 0 Å². The molecule has 0 radical (unpaired) electrons. The van der Waals surface area contributed by atoms with E-state index in [0.717, 1.165) is 12.8 Å². The van der Waals surface area contributed by atoms with Crippen LogP contribution >= 0.6 is 0 Å². The number of rotatable bonds is 7. The van der Waals surface area contributed by atoms with Crippen LogP contribution in [0.3, 0.4) is 0 Å². The minimum Gasteiger partial charge on any atom is -0.383 e. The predicted molar refractivity (Wildman–Crippen MR) is 66.0 cm³/mol. The lowest BCUT2D eigenvalue weighted by molar-refractivity contribution is 0.0579. The molecule has 0 aliphatic heterocycles. The molecule has 18 heavy (non-hydrogen) atoms. The van der Waals surface area contributed by atoms with Crippen molar-refractivity contribution >= 4 is 11.7 Å². The number of hydrogen-bond acceptors (Lipinski definition) is 6. The van der Waals surface area contributed by atoms with Crippen LogP contribution in [0.25, 0.3) is 0 Å². The van der Waals surface area contributed by atoms with Gasteiger partial charge in [0.05, 0.1) is 6.61 Å². The topological polar surface area (TPSA) is 94.5 Å². The van der Waals surface area contributed by atoms with Gasteiger partial charge >= 0.3 is 0 Å². The van der Waals surface area contributed by atoms with Crippen molar-refractivity contribution in [3.8, 4) is 0 Å². The van der Waals surface area contributed by atoms with Gasteiger partial charge in [0.25, 0.3) is 5.91 Å². The number of hydrogen-bond donors (Lipinski definition) is 1. The fraction of sp³-hybridized carbons (Fsp3) is 0.727. The minimum absolute atomic E-state index is 0.0216. The molecule has 1 aromatic rings. The summed E-state index contributed by atoms with van der Waals surface area (Å²) >= 11 is 0. The van der Waals surface area contributed by atoms with Crippen LogP contribution in [0.4, 0.5) is 5.82 Å². The highest BCUT2D eigenvalue weighted by Gasteiger charge is 2.26. The van der Waals surface area contributed by atoms with Gasteiger partial charge in [-0.05, 0) is 23.2 Å². The summed E-state index contributed by atoms with van der Waals surface area (Å²) < 4.78 is 9.49. The summed E-state index contributed by atoms with van der Waals surface area (Å²) in [5.74, 6) is -0.243. The zero-order valence-electron chi connectivity index (χ0n) is 11.0. The van der Waals surface area contributed by atoms with Crippen LogP contribution in [-0.2, 0) is 4.74 Å². The first-order valence-electron chi connectivity index (χ1n) is 6.03. The Morgan fingerprint density at radius 2 is 2.11 bits per heavy atom. The monoisotopic (exact) mass is 256 g/mol. The largest absolute Gasteiger partial charge is 0.383 e. The maximum Gasteiger partial charge on any atom is 0.280 e. The van der Waals surface area contributed by atoms with Gasteiger partial charge in [-0.2, -0.15) is 0 Å². The number of amides is 1. The molecule has 0 fully saturated rings. The van der Waals surface area contributed by atoms with E-state index in [9.17, 15) is 4.79 Å². The quantitative estimate of drug-likeness (QED) is 0.779. The van der Waals surface area contributed by atoms with Crippen LogP contribution in [0.5, 0.6) is 0 Å². The molecule has 1 amide bonds. The summed E-state index contributed by atoms with van der Waals surface area (Å²) in [7, 11) is 1.60. The Labute approximate surface area is 106 Å². The lowest BCUT2D eigenvalue weighted by Gasteiger charge is -2.29. The number of carbonyl (C=O) groups is 1. The Morgan fingerprint density at radius 1 is 1.44 bits per heavy atom. The van der Waals surface area contributed by atoms with Crippen LogP contribution in [0.1, 0.15) is 37.2 Å². The molecule has 102 valence electrons. The Hall–Kier alpha value is -1.63. The molecule has 0 aliphatic carbocycles. The molecule has 0 aromatic carbocycles. The minimum atomic E-state index is -0.264. The predicted octanol–water partition coefficient (Wildman–Crippen LogP) is 0.929. The number of ether oxygens (including phenoxy) is 1. The van der Waals surface area contributed by atoms with Gasteiger partial charge in [0, 0.05) is 19.7 Å². The zero-order chi connectivity index (χ0) is 13.5. The van der Waals surface area contributed by atoms with E-state index in [4.69, 9.17) is 10.5 Å². The van der Waals surface area contributed by atoms with E-state index in [0.29, 0.717) is 13.2 Å². The Kier molecular flexibility index (Phi) is 5.57. The number of anilines is 1. The summed E-state index contributed by atoms with van der Waals surface area (Å²) in [6.45, 7) is 5.03. The first-order valence-corrected chi connectivity index (χ1v) is 6.03. The molecule has 0 aliphatic rings. The fourth-order valence-electron chi connectivity index (χ4n) is 1.85. The summed E-state index contributed by atoms with van der Waals surface area (Å²) in [5, 5.41) is 6.98. The van der Waals surface area contributed by atoms with E-state index in [-0.39, 0.29) is 23.5 Å². The van der Waals surface area contributed by atoms with Crippen molar-refractivity contribution in [1.82, 2.24) is 15.2 Å². The lowest BCUT2D eigenvalue weighted by atomic mass is 10.1. The molecule has 0 saturated heterocycles. The Balaban J connectivity index is 2.88. The van der Waals surface area contributed by atoms with E-state index in [1.165, 1.54) is 0 Å². The molecule has 0 saturated carbocycles. The van der Waals surface area contributed by atoms with Gasteiger partial charge in [-0.1, -0.05) is 13.8 Å². The number of methoxy groups -OCH3 is 1. The van der Waals surface area contributed by atoms with Crippen molar-refractivity contribution in [3.05, 3.63) is 5.69 Å². The molecule has 1 rings (SSSR count). The van der Waals surface area contributed by atoms with Crippen LogP contribution in [0, 0.1) is 0 Å². The third kappa shape index (κ3) is 3.19. The van der Waals surface area contributed by atoms with E-state index in [2.05, 4.69) is 14.9 Å². The van der Waals surface area contributed by atoms with Gasteiger partial charge in [-0.3, -0.25) is 4.79 Å². The molecule has 1 heterocycles. The third-order valence-electron chi connectivity index (χ3n) is 2.90. The highest BCUT2D eigenvalue weighted by atomic mass is 16.6. The van der Waals surface area contributed by atoms with E-state index in [1.807, 2.05) is 13.8 Å². The first-order chi connectivity index (χ1) is 8.65. The van der Waals surface area contributed by atoms with E-state index in [1.54, 1.807) is 12.0 Å². The summed E-state index contributed by atoms with van der Waals surface area (Å²) in [6, 6.07) is 0.128. The van der Waals surface area contributed by atoms with Crippen molar-refractivity contribution in [2.24, 2.45) is 0 Å². The zero-order valence-corrected chi connectivity index (χ0v) is 11.0. The molecule has 0 spiro atoms. The maximum atomic E-state index is 12.3. The molecular weight excluding hydrogens is 236 g/mol. The summed E-state index contributed by atoms with van der Waals surface area (Å²) in [4.78, 5) is 14.0. The van der Waals surface area contributed by atoms with Crippen molar-refractivity contribution in [3.63, 3.8) is 0 Å². The Morgan fingerprint density at radius 3 is 2.56 bits per heavy atom. The van der Waals surface area contributed by atoms with Crippen molar-refractivity contribution < 1.29 is 14.2 Å². The molecule has 7 heteroatoms.